The summed E-state index contributed by atoms with van der Waals surface area (Å²) in [5, 5.41) is 11.1. The topological polar surface area (TPSA) is 94.8 Å². The van der Waals surface area contributed by atoms with Crippen LogP contribution in [0.1, 0.15) is 53.3 Å². The van der Waals surface area contributed by atoms with Crippen molar-refractivity contribution in [3.63, 3.8) is 0 Å². The van der Waals surface area contributed by atoms with Crippen LogP contribution in [0.5, 0.6) is 0 Å². The number of rotatable bonds is 6. The standard InChI is InChI=1S/C19H33N3O5Si/c1-18(2,3)27-17(23)21(7)16(13-26-28(8,9)19(4,5)6)15-12-14(22(24)25)10-11-20-15/h10-12,16H,13H2,1-9H3. The lowest BCUT2D eigenvalue weighted by molar-refractivity contribution is -0.385. The normalized spacial score (nSPS) is 13.8. The molecule has 0 saturated carbocycles. The number of ether oxygens (including phenoxy) is 1. The van der Waals surface area contributed by atoms with Crippen molar-refractivity contribution in [1.82, 2.24) is 9.88 Å². The van der Waals surface area contributed by atoms with E-state index in [9.17, 15) is 14.9 Å². The maximum Gasteiger partial charge on any atom is 0.410 e. The maximum absolute atomic E-state index is 12.6. The summed E-state index contributed by atoms with van der Waals surface area (Å²) in [6.45, 7) is 16.1. The molecule has 0 spiro atoms. The van der Waals surface area contributed by atoms with Crippen molar-refractivity contribution in [1.29, 1.82) is 0 Å². The molecule has 1 heterocycles. The van der Waals surface area contributed by atoms with Gasteiger partial charge in [0.1, 0.15) is 5.60 Å². The highest BCUT2D eigenvalue weighted by Crippen LogP contribution is 2.37. The highest BCUT2D eigenvalue weighted by Gasteiger charge is 2.39. The number of likely N-dealkylation sites (N-methyl/N-ethyl adjacent to an activating group) is 1. The van der Waals surface area contributed by atoms with Crippen LogP contribution in [-0.2, 0) is 9.16 Å². The van der Waals surface area contributed by atoms with E-state index in [-0.39, 0.29) is 17.3 Å². The predicted octanol–water partition coefficient (Wildman–Crippen LogP) is 4.92. The van der Waals surface area contributed by atoms with E-state index in [4.69, 9.17) is 9.16 Å². The number of carbonyl (C=O) groups excluding carboxylic acids is 1. The number of hydrogen-bond acceptors (Lipinski definition) is 6. The van der Waals surface area contributed by atoms with E-state index in [1.165, 1.54) is 23.2 Å². The molecule has 0 aromatic carbocycles. The quantitative estimate of drug-likeness (QED) is 0.374. The van der Waals surface area contributed by atoms with Gasteiger partial charge in [-0.25, -0.2) is 4.79 Å². The third-order valence-corrected chi connectivity index (χ3v) is 9.37. The number of carbonyl (C=O) groups is 1. The highest BCUT2D eigenvalue weighted by molar-refractivity contribution is 6.74. The van der Waals surface area contributed by atoms with Gasteiger partial charge in [-0.2, -0.15) is 0 Å². The number of hydrogen-bond donors (Lipinski definition) is 0. The Morgan fingerprint density at radius 1 is 1.29 bits per heavy atom. The lowest BCUT2D eigenvalue weighted by Gasteiger charge is -2.38. The minimum Gasteiger partial charge on any atom is -0.444 e. The molecule has 1 aromatic rings. The van der Waals surface area contributed by atoms with Gasteiger partial charge in [0.25, 0.3) is 5.69 Å². The minimum atomic E-state index is -2.10. The van der Waals surface area contributed by atoms with Crippen molar-refractivity contribution in [3.05, 3.63) is 34.1 Å². The van der Waals surface area contributed by atoms with Gasteiger partial charge in [0, 0.05) is 25.4 Å². The first-order valence-electron chi connectivity index (χ1n) is 9.25. The molecule has 1 aromatic heterocycles. The largest absolute Gasteiger partial charge is 0.444 e. The van der Waals surface area contributed by atoms with Gasteiger partial charge >= 0.3 is 6.09 Å². The van der Waals surface area contributed by atoms with Crippen molar-refractivity contribution >= 4 is 20.1 Å². The summed E-state index contributed by atoms with van der Waals surface area (Å²) in [6, 6.07) is 2.09. The van der Waals surface area contributed by atoms with Crippen molar-refractivity contribution in [3.8, 4) is 0 Å². The summed E-state index contributed by atoms with van der Waals surface area (Å²) in [7, 11) is -0.512. The van der Waals surface area contributed by atoms with Crippen LogP contribution in [0.4, 0.5) is 10.5 Å². The molecule has 1 atom stereocenters. The second kappa shape index (κ2) is 8.56. The fourth-order valence-electron chi connectivity index (χ4n) is 2.09. The van der Waals surface area contributed by atoms with E-state index in [0.29, 0.717) is 5.69 Å². The van der Waals surface area contributed by atoms with Crippen LogP contribution >= 0.6 is 0 Å². The third-order valence-electron chi connectivity index (χ3n) is 4.87. The zero-order valence-corrected chi connectivity index (χ0v) is 19.4. The van der Waals surface area contributed by atoms with Gasteiger partial charge in [0.05, 0.1) is 23.3 Å². The number of aromatic nitrogens is 1. The molecule has 8 nitrogen and oxygen atoms in total. The highest BCUT2D eigenvalue weighted by atomic mass is 28.4. The molecule has 0 N–H and O–H groups in total. The molecule has 0 radical (unpaired) electrons. The molecular weight excluding hydrogens is 378 g/mol. The van der Waals surface area contributed by atoms with Crippen molar-refractivity contribution in [2.24, 2.45) is 0 Å². The first-order chi connectivity index (χ1) is 12.5. The molecule has 28 heavy (non-hydrogen) atoms. The Morgan fingerprint density at radius 3 is 2.32 bits per heavy atom. The lowest BCUT2D eigenvalue weighted by atomic mass is 10.1. The number of nitro groups is 1. The van der Waals surface area contributed by atoms with E-state index in [2.05, 4.69) is 38.8 Å². The number of nitrogens with zero attached hydrogens (tertiary/aromatic N) is 3. The second-order valence-corrected chi connectivity index (χ2v) is 14.2. The maximum atomic E-state index is 12.6. The van der Waals surface area contributed by atoms with Crippen LogP contribution in [0.3, 0.4) is 0 Å². The fourth-order valence-corrected chi connectivity index (χ4v) is 3.10. The summed E-state index contributed by atoms with van der Waals surface area (Å²) in [6.07, 6.45) is 0.833. The van der Waals surface area contributed by atoms with Gasteiger partial charge in [0.15, 0.2) is 8.32 Å². The van der Waals surface area contributed by atoms with Gasteiger partial charge in [0.2, 0.25) is 0 Å². The van der Waals surface area contributed by atoms with Crippen molar-refractivity contribution < 1.29 is 18.9 Å². The van der Waals surface area contributed by atoms with E-state index in [1.807, 2.05) is 0 Å². The molecule has 0 aliphatic carbocycles. The molecule has 0 aliphatic rings. The molecule has 1 amide bonds. The smallest absolute Gasteiger partial charge is 0.410 e. The zero-order valence-electron chi connectivity index (χ0n) is 18.4. The molecule has 0 fully saturated rings. The zero-order chi connectivity index (χ0) is 21.9. The number of pyridine rings is 1. The summed E-state index contributed by atoms with van der Waals surface area (Å²) in [4.78, 5) is 29.0. The van der Waals surface area contributed by atoms with Gasteiger partial charge in [-0.3, -0.25) is 15.1 Å². The lowest BCUT2D eigenvalue weighted by Crippen LogP contribution is -2.45. The van der Waals surface area contributed by atoms with Gasteiger partial charge in [-0.1, -0.05) is 20.8 Å². The van der Waals surface area contributed by atoms with Gasteiger partial charge in [-0.15, -0.1) is 0 Å². The van der Waals surface area contributed by atoms with Gasteiger partial charge in [-0.05, 0) is 38.9 Å². The van der Waals surface area contributed by atoms with E-state index >= 15 is 0 Å². The van der Waals surface area contributed by atoms with E-state index in [1.54, 1.807) is 27.8 Å². The average Bonchev–Trinajstić information content (AvgIpc) is 2.52. The molecule has 9 heteroatoms. The monoisotopic (exact) mass is 411 g/mol. The molecule has 0 bridgehead atoms. The Morgan fingerprint density at radius 2 is 1.86 bits per heavy atom. The summed E-state index contributed by atoms with van der Waals surface area (Å²) < 4.78 is 11.8. The Kier molecular flexibility index (Phi) is 7.35. The summed E-state index contributed by atoms with van der Waals surface area (Å²) in [5.74, 6) is 0. The predicted molar refractivity (Wildman–Crippen MR) is 111 cm³/mol. The summed E-state index contributed by atoms with van der Waals surface area (Å²) in [5.41, 5.74) is -0.354. The Hall–Kier alpha value is -2.00. The van der Waals surface area contributed by atoms with Crippen LogP contribution in [0.15, 0.2) is 18.3 Å². The number of amides is 1. The first kappa shape index (κ1) is 24.0. The SMILES string of the molecule is CN(C(=O)OC(C)(C)C)C(CO[Si](C)(C)C(C)(C)C)c1cc([N+](=O)[O-])ccn1. The van der Waals surface area contributed by atoms with Crippen LogP contribution in [0.25, 0.3) is 0 Å². The van der Waals surface area contributed by atoms with Crippen molar-refractivity contribution in [2.75, 3.05) is 13.7 Å². The van der Waals surface area contributed by atoms with Crippen LogP contribution in [0, 0.1) is 10.1 Å². The molecule has 0 saturated heterocycles. The fraction of sp³-hybridized carbons (Fsp3) is 0.684. The summed E-state index contributed by atoms with van der Waals surface area (Å²) >= 11 is 0. The van der Waals surface area contributed by atoms with Crippen LogP contribution < -0.4 is 0 Å². The molecule has 1 rings (SSSR count). The van der Waals surface area contributed by atoms with E-state index < -0.39 is 31.0 Å². The molecule has 0 aliphatic heterocycles. The Balaban J connectivity index is 3.22. The van der Waals surface area contributed by atoms with Crippen LogP contribution in [0.2, 0.25) is 18.1 Å². The molecular formula is C19H33N3O5Si. The second-order valence-electron chi connectivity index (χ2n) is 9.37. The molecule has 1 unspecified atom stereocenters. The Bertz CT molecular complexity index is 710. The third kappa shape index (κ3) is 6.56. The average molecular weight is 412 g/mol. The van der Waals surface area contributed by atoms with Gasteiger partial charge < -0.3 is 14.1 Å². The minimum absolute atomic E-state index is 0.0157. The van der Waals surface area contributed by atoms with Crippen LogP contribution in [-0.4, -0.2) is 48.5 Å². The first-order valence-corrected chi connectivity index (χ1v) is 12.2. The van der Waals surface area contributed by atoms with E-state index in [0.717, 1.165) is 0 Å². The Labute approximate surface area is 168 Å². The van der Waals surface area contributed by atoms with Crippen molar-refractivity contribution in [2.45, 2.75) is 71.3 Å². The molecule has 158 valence electrons.